The topological polar surface area (TPSA) is 61.5 Å². The van der Waals surface area contributed by atoms with Crippen molar-refractivity contribution in [3.8, 4) is 5.75 Å². The zero-order valence-electron chi connectivity index (χ0n) is 10.3. The average molecular weight is 235 g/mol. The number of esters is 1. The number of rotatable bonds is 4. The summed E-state index contributed by atoms with van der Waals surface area (Å²) >= 11 is 0. The highest BCUT2D eigenvalue weighted by Gasteiger charge is 2.08. The highest BCUT2D eigenvalue weighted by molar-refractivity contribution is 5.90. The molecule has 0 aromatic heterocycles. The van der Waals surface area contributed by atoms with Crippen LogP contribution in [0.25, 0.3) is 0 Å². The summed E-state index contributed by atoms with van der Waals surface area (Å²) in [4.78, 5) is 11.3. The maximum atomic E-state index is 11.3. The van der Waals surface area contributed by atoms with E-state index in [1.165, 1.54) is 7.11 Å². The van der Waals surface area contributed by atoms with E-state index < -0.39 is 5.97 Å². The van der Waals surface area contributed by atoms with Gasteiger partial charge in [-0.3, -0.25) is 0 Å². The van der Waals surface area contributed by atoms with E-state index in [0.717, 1.165) is 5.57 Å². The number of anilines is 1. The van der Waals surface area contributed by atoms with Gasteiger partial charge >= 0.3 is 5.97 Å². The highest BCUT2D eigenvalue weighted by atomic mass is 16.5. The lowest BCUT2D eigenvalue weighted by atomic mass is 10.2. The predicted molar refractivity (Wildman–Crippen MR) is 67.1 cm³/mol. The van der Waals surface area contributed by atoms with Gasteiger partial charge in [0.1, 0.15) is 12.4 Å². The fraction of sp³-hybridized carbons (Fsp3) is 0.308. The van der Waals surface area contributed by atoms with E-state index in [2.05, 4.69) is 4.74 Å². The molecule has 0 spiro atoms. The van der Waals surface area contributed by atoms with E-state index in [-0.39, 0.29) is 0 Å². The molecule has 0 unspecified atom stereocenters. The van der Waals surface area contributed by atoms with Crippen molar-refractivity contribution in [2.45, 2.75) is 13.8 Å². The lowest BCUT2D eigenvalue weighted by Gasteiger charge is -2.08. The van der Waals surface area contributed by atoms with Crippen molar-refractivity contribution in [1.29, 1.82) is 0 Å². The van der Waals surface area contributed by atoms with Crippen LogP contribution >= 0.6 is 0 Å². The Morgan fingerprint density at radius 3 is 2.71 bits per heavy atom. The standard InChI is InChI=1S/C13H17NO3/c1-9(2)6-7-17-12-8-10(13(15)16-3)4-5-11(12)14/h4-6,8H,7,14H2,1-3H3. The Morgan fingerprint density at radius 2 is 2.12 bits per heavy atom. The summed E-state index contributed by atoms with van der Waals surface area (Å²) in [5.41, 5.74) is 7.83. The molecule has 0 amide bonds. The Balaban J connectivity index is 2.83. The first-order valence-corrected chi connectivity index (χ1v) is 5.28. The van der Waals surface area contributed by atoms with Crippen LogP contribution in [0.4, 0.5) is 5.69 Å². The van der Waals surface area contributed by atoms with Gasteiger partial charge in [0.25, 0.3) is 0 Å². The summed E-state index contributed by atoms with van der Waals surface area (Å²) in [6.45, 7) is 4.40. The summed E-state index contributed by atoms with van der Waals surface area (Å²) in [5, 5.41) is 0. The average Bonchev–Trinajstić information content (AvgIpc) is 2.30. The fourth-order valence-corrected chi connectivity index (χ4v) is 1.20. The molecular weight excluding hydrogens is 218 g/mol. The molecule has 2 N–H and O–H groups in total. The lowest BCUT2D eigenvalue weighted by molar-refractivity contribution is 0.0600. The van der Waals surface area contributed by atoms with Crippen molar-refractivity contribution >= 4 is 11.7 Å². The molecule has 0 heterocycles. The number of hydrogen-bond acceptors (Lipinski definition) is 4. The zero-order chi connectivity index (χ0) is 12.8. The minimum absolute atomic E-state index is 0.405. The molecule has 0 atom stereocenters. The van der Waals surface area contributed by atoms with Gasteiger partial charge in [-0.05, 0) is 38.1 Å². The fourth-order valence-electron chi connectivity index (χ4n) is 1.20. The molecule has 0 saturated heterocycles. The van der Waals surface area contributed by atoms with Gasteiger partial charge in [0.15, 0.2) is 0 Å². The Kier molecular flexibility index (Phi) is 4.57. The summed E-state index contributed by atoms with van der Waals surface area (Å²) in [5.74, 6) is 0.0856. The third-order valence-electron chi connectivity index (χ3n) is 2.17. The Hall–Kier alpha value is -1.97. The second kappa shape index (κ2) is 5.94. The number of allylic oxidation sites excluding steroid dienone is 1. The number of benzene rings is 1. The van der Waals surface area contributed by atoms with Crippen LogP contribution in [0.2, 0.25) is 0 Å². The molecule has 0 radical (unpaired) electrons. The summed E-state index contributed by atoms with van der Waals surface area (Å²) < 4.78 is 10.1. The lowest BCUT2D eigenvalue weighted by Crippen LogP contribution is -2.04. The number of ether oxygens (including phenoxy) is 2. The maximum absolute atomic E-state index is 11.3. The van der Waals surface area contributed by atoms with Gasteiger partial charge in [0, 0.05) is 0 Å². The smallest absolute Gasteiger partial charge is 0.337 e. The number of nitrogens with two attached hydrogens (primary N) is 1. The van der Waals surface area contributed by atoms with Gasteiger partial charge in [-0.15, -0.1) is 0 Å². The van der Waals surface area contributed by atoms with Crippen molar-refractivity contribution in [1.82, 2.24) is 0 Å². The third-order valence-corrected chi connectivity index (χ3v) is 2.17. The van der Waals surface area contributed by atoms with Crippen molar-refractivity contribution in [3.05, 3.63) is 35.4 Å². The third kappa shape index (κ3) is 3.83. The number of carbonyl (C=O) groups excluding carboxylic acids is 1. The van der Waals surface area contributed by atoms with Crippen LogP contribution in [0.15, 0.2) is 29.8 Å². The molecule has 4 nitrogen and oxygen atoms in total. The number of nitrogen functional groups attached to an aromatic ring is 1. The number of carbonyl (C=O) groups is 1. The molecule has 0 fully saturated rings. The second-order valence-corrected chi connectivity index (χ2v) is 3.84. The Bertz CT molecular complexity index is 434. The first kappa shape index (κ1) is 13.1. The minimum Gasteiger partial charge on any atom is -0.487 e. The first-order chi connectivity index (χ1) is 8.04. The maximum Gasteiger partial charge on any atom is 0.337 e. The monoisotopic (exact) mass is 235 g/mol. The number of methoxy groups -OCH3 is 1. The molecule has 4 heteroatoms. The first-order valence-electron chi connectivity index (χ1n) is 5.28. The van der Waals surface area contributed by atoms with Gasteiger partial charge in [-0.2, -0.15) is 0 Å². The van der Waals surface area contributed by atoms with Crippen molar-refractivity contribution in [2.24, 2.45) is 0 Å². The van der Waals surface area contributed by atoms with Gasteiger partial charge in [-0.25, -0.2) is 4.79 Å². The summed E-state index contributed by atoms with van der Waals surface area (Å²) in [6.07, 6.45) is 1.93. The molecule has 0 saturated carbocycles. The SMILES string of the molecule is COC(=O)c1ccc(N)c(OCC=C(C)C)c1. The van der Waals surface area contributed by atoms with E-state index >= 15 is 0 Å². The van der Waals surface area contributed by atoms with E-state index in [1.807, 2.05) is 19.9 Å². The Morgan fingerprint density at radius 1 is 1.41 bits per heavy atom. The molecule has 0 aliphatic heterocycles. The summed E-state index contributed by atoms with van der Waals surface area (Å²) in [7, 11) is 1.34. The van der Waals surface area contributed by atoms with Crippen LogP contribution in [0.1, 0.15) is 24.2 Å². The molecule has 1 aromatic rings. The Labute approximate surface area is 101 Å². The zero-order valence-corrected chi connectivity index (χ0v) is 10.3. The van der Waals surface area contributed by atoms with Crippen molar-refractivity contribution in [3.63, 3.8) is 0 Å². The molecular formula is C13H17NO3. The molecule has 0 aliphatic carbocycles. The minimum atomic E-state index is -0.405. The van der Waals surface area contributed by atoms with Crippen LogP contribution in [0.5, 0.6) is 5.75 Å². The molecule has 1 aromatic carbocycles. The number of hydrogen-bond donors (Lipinski definition) is 1. The van der Waals surface area contributed by atoms with Crippen LogP contribution in [0, 0.1) is 0 Å². The molecule has 17 heavy (non-hydrogen) atoms. The normalized spacial score (nSPS) is 9.59. The van der Waals surface area contributed by atoms with Gasteiger partial charge in [0.05, 0.1) is 18.4 Å². The second-order valence-electron chi connectivity index (χ2n) is 3.84. The molecule has 1 rings (SSSR count). The van der Waals surface area contributed by atoms with E-state index in [0.29, 0.717) is 23.6 Å². The molecule has 0 aliphatic rings. The quantitative estimate of drug-likeness (QED) is 0.494. The van der Waals surface area contributed by atoms with Gasteiger partial charge in [0.2, 0.25) is 0 Å². The van der Waals surface area contributed by atoms with Crippen LogP contribution in [-0.4, -0.2) is 19.7 Å². The van der Waals surface area contributed by atoms with E-state index in [1.54, 1.807) is 18.2 Å². The van der Waals surface area contributed by atoms with E-state index in [4.69, 9.17) is 10.5 Å². The summed E-state index contributed by atoms with van der Waals surface area (Å²) in [6, 6.07) is 4.82. The van der Waals surface area contributed by atoms with Gasteiger partial charge in [-0.1, -0.05) is 5.57 Å². The van der Waals surface area contributed by atoms with Crippen molar-refractivity contribution in [2.75, 3.05) is 19.5 Å². The van der Waals surface area contributed by atoms with Gasteiger partial charge < -0.3 is 15.2 Å². The van der Waals surface area contributed by atoms with Crippen LogP contribution in [0.3, 0.4) is 0 Å². The van der Waals surface area contributed by atoms with Crippen molar-refractivity contribution < 1.29 is 14.3 Å². The highest BCUT2D eigenvalue weighted by Crippen LogP contribution is 2.23. The van der Waals surface area contributed by atoms with Crippen LogP contribution < -0.4 is 10.5 Å². The van der Waals surface area contributed by atoms with Crippen LogP contribution in [-0.2, 0) is 4.74 Å². The predicted octanol–water partition coefficient (Wildman–Crippen LogP) is 2.40. The molecule has 0 bridgehead atoms. The van der Waals surface area contributed by atoms with E-state index in [9.17, 15) is 4.79 Å². The largest absolute Gasteiger partial charge is 0.487 e. The molecule has 92 valence electrons.